The molecule has 0 aliphatic heterocycles. The van der Waals surface area contributed by atoms with Crippen molar-refractivity contribution in [3.8, 4) is 0 Å². The van der Waals surface area contributed by atoms with Crippen LogP contribution >= 0.6 is 0 Å². The van der Waals surface area contributed by atoms with Gasteiger partial charge in [0, 0.05) is 6.42 Å². The van der Waals surface area contributed by atoms with Crippen LogP contribution in [0.5, 0.6) is 0 Å². The number of hydrogen-bond acceptors (Lipinski definition) is 6. The highest BCUT2D eigenvalue weighted by Gasteiger charge is 2.27. The van der Waals surface area contributed by atoms with Crippen LogP contribution in [-0.2, 0) is 20.8 Å². The Hall–Kier alpha value is -3.00. The first-order valence-corrected chi connectivity index (χ1v) is 9.60. The molecule has 2 N–H and O–H groups in total. The van der Waals surface area contributed by atoms with Gasteiger partial charge in [-0.1, -0.05) is 32.0 Å². The Morgan fingerprint density at radius 3 is 2.48 bits per heavy atom. The average Bonchev–Trinajstić information content (AvgIpc) is 3.11. The summed E-state index contributed by atoms with van der Waals surface area (Å²) in [6, 6.07) is 8.75. The van der Waals surface area contributed by atoms with Crippen molar-refractivity contribution in [1.82, 2.24) is 14.6 Å². The molecule has 2 aromatic rings. The van der Waals surface area contributed by atoms with Gasteiger partial charge in [0.25, 0.3) is 0 Å². The lowest BCUT2D eigenvalue weighted by Crippen LogP contribution is -2.43. The number of nitrogens with zero attached hydrogens (tertiary/aromatic N) is 3. The van der Waals surface area contributed by atoms with Crippen LogP contribution in [0.1, 0.15) is 32.4 Å². The molecule has 1 aromatic carbocycles. The van der Waals surface area contributed by atoms with Gasteiger partial charge in [0.1, 0.15) is 12.4 Å². The number of aryl methyl sites for hydroxylation is 1. The molecule has 1 unspecified atom stereocenters. The van der Waals surface area contributed by atoms with Gasteiger partial charge in [-0.2, -0.15) is 0 Å². The van der Waals surface area contributed by atoms with Crippen LogP contribution in [0.25, 0.3) is 0 Å². The smallest absolute Gasteiger partial charge is 0.320 e. The van der Waals surface area contributed by atoms with Crippen LogP contribution in [0, 0.1) is 5.92 Å². The number of hydrogen-bond donors (Lipinski definition) is 2. The zero-order chi connectivity index (χ0) is 21.4. The number of benzene rings is 1. The molecule has 8 heteroatoms. The van der Waals surface area contributed by atoms with E-state index in [1.165, 1.54) is 4.90 Å². The highest BCUT2D eigenvalue weighted by Crippen LogP contribution is 2.12. The average molecular weight is 400 g/mol. The minimum atomic E-state index is -0.989. The van der Waals surface area contributed by atoms with Gasteiger partial charge >= 0.3 is 5.97 Å². The number of para-hydroxylation sites is 1. The number of aliphatic carboxylic acids is 1. The second-order valence-corrected chi connectivity index (χ2v) is 7.48. The van der Waals surface area contributed by atoms with Crippen molar-refractivity contribution >= 4 is 23.2 Å². The summed E-state index contributed by atoms with van der Waals surface area (Å²) < 4.78 is 1.71. The van der Waals surface area contributed by atoms with Crippen molar-refractivity contribution in [2.45, 2.75) is 39.2 Å². The molecule has 29 heavy (non-hydrogen) atoms. The van der Waals surface area contributed by atoms with Crippen molar-refractivity contribution in [1.29, 1.82) is 0 Å². The molecule has 1 aromatic heterocycles. The Morgan fingerprint density at radius 1 is 1.17 bits per heavy atom. The Bertz CT molecular complexity index is 832. The molecule has 1 heterocycles. The number of aromatic nitrogens is 2. The molecule has 156 valence electrons. The van der Waals surface area contributed by atoms with E-state index in [1.54, 1.807) is 24.2 Å². The Balaban J connectivity index is 1.90. The van der Waals surface area contributed by atoms with Crippen molar-refractivity contribution in [3.05, 3.63) is 48.5 Å². The van der Waals surface area contributed by atoms with Crippen LogP contribution in [0.4, 0.5) is 5.69 Å². The fourth-order valence-electron chi connectivity index (χ4n) is 2.98. The lowest BCUT2D eigenvalue weighted by atomic mass is 10.0. The number of carboxylic acid groups (broad SMARTS) is 1. The van der Waals surface area contributed by atoms with E-state index in [-0.39, 0.29) is 18.9 Å². The maximum atomic E-state index is 12.3. The molecule has 0 saturated carbocycles. The summed E-state index contributed by atoms with van der Waals surface area (Å²) in [6.07, 6.45) is 4.05. The Labute approximate surface area is 170 Å². The highest BCUT2D eigenvalue weighted by atomic mass is 16.4. The second kappa shape index (κ2) is 10.5. The maximum absolute atomic E-state index is 12.3. The summed E-state index contributed by atoms with van der Waals surface area (Å²) in [5, 5.41) is 9.37. The number of carboxylic acids is 1. The summed E-state index contributed by atoms with van der Waals surface area (Å²) in [5.41, 5.74) is 4.81. The van der Waals surface area contributed by atoms with Crippen LogP contribution in [0.15, 0.2) is 42.9 Å². The molecule has 0 radical (unpaired) electrons. The van der Waals surface area contributed by atoms with Gasteiger partial charge in [-0.25, -0.2) is 9.66 Å². The number of ketones is 2. The second-order valence-electron chi connectivity index (χ2n) is 7.48. The number of carbonyl (C=O) groups is 3. The predicted molar refractivity (Wildman–Crippen MR) is 110 cm³/mol. The van der Waals surface area contributed by atoms with Gasteiger partial charge in [-0.15, -0.1) is 0 Å². The molecular weight excluding hydrogens is 372 g/mol. The first-order valence-electron chi connectivity index (χ1n) is 9.60. The zero-order valence-corrected chi connectivity index (χ0v) is 17.0. The Kier molecular flexibility index (Phi) is 8.09. The standard InChI is InChI=1S/C21H28N4O4/c1-15(2)11-18(21(28)29)24(3)13-20(27)19(26)10-9-17-12-22-14-25(17)23-16-7-5-4-6-8-16/h4-8,12,14-15,18,23H,9-11,13H2,1-3H3,(H,28,29). The van der Waals surface area contributed by atoms with Crippen LogP contribution in [-0.4, -0.2) is 56.8 Å². The van der Waals surface area contributed by atoms with Crippen molar-refractivity contribution in [2.24, 2.45) is 5.92 Å². The number of carbonyl (C=O) groups excluding carboxylic acids is 2. The molecule has 0 saturated heterocycles. The van der Waals surface area contributed by atoms with Crippen LogP contribution in [0.2, 0.25) is 0 Å². The van der Waals surface area contributed by atoms with Gasteiger partial charge in [0.2, 0.25) is 5.78 Å². The summed E-state index contributed by atoms with van der Waals surface area (Å²) >= 11 is 0. The fourth-order valence-corrected chi connectivity index (χ4v) is 2.98. The van der Waals surface area contributed by atoms with Gasteiger partial charge in [0.05, 0.1) is 24.1 Å². The third kappa shape index (κ3) is 6.83. The van der Waals surface area contributed by atoms with Crippen LogP contribution < -0.4 is 5.43 Å². The Morgan fingerprint density at radius 2 is 1.86 bits per heavy atom. The molecule has 0 spiro atoms. The predicted octanol–water partition coefficient (Wildman–Crippen LogP) is 2.26. The lowest BCUT2D eigenvalue weighted by molar-refractivity contribution is -0.145. The number of anilines is 1. The van der Waals surface area contributed by atoms with E-state index in [1.807, 2.05) is 44.2 Å². The molecule has 0 aliphatic rings. The molecule has 0 bridgehead atoms. The number of Topliss-reactive ketones (excluding diaryl/α,β-unsaturated/α-hetero) is 2. The summed E-state index contributed by atoms with van der Waals surface area (Å²) in [6.45, 7) is 3.64. The van der Waals surface area contributed by atoms with E-state index in [2.05, 4.69) is 10.4 Å². The van der Waals surface area contributed by atoms with E-state index in [4.69, 9.17) is 0 Å². The fraction of sp³-hybridized carbons (Fsp3) is 0.429. The van der Waals surface area contributed by atoms with Gasteiger partial charge in [-0.3, -0.25) is 24.7 Å². The summed E-state index contributed by atoms with van der Waals surface area (Å²) in [5.74, 6) is -1.92. The first-order chi connectivity index (χ1) is 13.8. The van der Waals surface area contributed by atoms with E-state index in [9.17, 15) is 19.5 Å². The van der Waals surface area contributed by atoms with Crippen molar-refractivity contribution < 1.29 is 19.5 Å². The topological polar surface area (TPSA) is 105 Å². The third-order valence-electron chi connectivity index (χ3n) is 4.56. The molecule has 1 atom stereocenters. The first kappa shape index (κ1) is 22.3. The third-order valence-corrected chi connectivity index (χ3v) is 4.56. The highest BCUT2D eigenvalue weighted by molar-refractivity contribution is 6.38. The monoisotopic (exact) mass is 400 g/mol. The van der Waals surface area contributed by atoms with Gasteiger partial charge in [0.15, 0.2) is 5.78 Å². The van der Waals surface area contributed by atoms with Gasteiger partial charge < -0.3 is 5.11 Å². The quantitative estimate of drug-likeness (QED) is 0.527. The van der Waals surface area contributed by atoms with Crippen molar-refractivity contribution in [2.75, 3.05) is 19.0 Å². The lowest BCUT2D eigenvalue weighted by Gasteiger charge is -2.25. The van der Waals surface area contributed by atoms with E-state index < -0.39 is 23.6 Å². The number of nitrogens with one attached hydrogen (secondary N) is 1. The number of imidazole rings is 1. The van der Waals surface area contributed by atoms with Crippen molar-refractivity contribution in [3.63, 3.8) is 0 Å². The summed E-state index contributed by atoms with van der Waals surface area (Å²) in [4.78, 5) is 41.5. The largest absolute Gasteiger partial charge is 0.480 e. The molecular formula is C21H28N4O4. The van der Waals surface area contributed by atoms with Gasteiger partial charge in [-0.05, 0) is 37.9 Å². The molecule has 2 rings (SSSR count). The summed E-state index contributed by atoms with van der Waals surface area (Å²) in [7, 11) is 1.56. The SMILES string of the molecule is CC(C)CC(C(=O)O)N(C)CC(=O)C(=O)CCc1cncn1Nc1ccccc1. The number of likely N-dealkylation sites (N-methyl/N-ethyl adjacent to an activating group) is 1. The maximum Gasteiger partial charge on any atom is 0.320 e. The minimum Gasteiger partial charge on any atom is -0.480 e. The van der Waals surface area contributed by atoms with E-state index in [0.717, 1.165) is 11.4 Å². The molecule has 0 fully saturated rings. The zero-order valence-electron chi connectivity index (χ0n) is 17.0. The van der Waals surface area contributed by atoms with Crippen LogP contribution in [0.3, 0.4) is 0 Å². The molecule has 0 amide bonds. The van der Waals surface area contributed by atoms with E-state index >= 15 is 0 Å². The number of rotatable bonds is 12. The molecule has 0 aliphatic carbocycles. The normalized spacial score (nSPS) is 12.2. The molecule has 8 nitrogen and oxygen atoms in total. The van der Waals surface area contributed by atoms with E-state index in [0.29, 0.717) is 12.8 Å². The minimum absolute atomic E-state index is 0.0384.